The van der Waals surface area contributed by atoms with Crippen LogP contribution in [0.2, 0.25) is 0 Å². The van der Waals surface area contributed by atoms with Crippen LogP contribution in [0.15, 0.2) is 24.3 Å². The number of hydrogen-bond donors (Lipinski definition) is 3. The summed E-state index contributed by atoms with van der Waals surface area (Å²) >= 11 is 3.82. The van der Waals surface area contributed by atoms with Gasteiger partial charge in [0.05, 0.1) is 5.56 Å². The Hall–Kier alpha value is -1.17. The first-order valence-electron chi connectivity index (χ1n) is 4.06. The van der Waals surface area contributed by atoms with Crippen molar-refractivity contribution in [3.05, 3.63) is 29.8 Å². The Labute approximate surface area is 90.4 Å². The zero-order valence-corrected chi connectivity index (χ0v) is 8.49. The molecule has 0 radical (unpaired) electrons. The number of thiol groups is 1. The van der Waals surface area contributed by atoms with Crippen molar-refractivity contribution in [1.82, 2.24) is 0 Å². The summed E-state index contributed by atoms with van der Waals surface area (Å²) in [4.78, 5) is 0. The monoisotopic (exact) mass is 234 g/mol. The third-order valence-electron chi connectivity index (χ3n) is 1.64. The largest absolute Gasteiger partial charge is 0.416 e. The Balaban J connectivity index is 2.88. The Bertz CT molecular complexity index is 363. The smallest absolute Gasteiger partial charge is 0.344 e. The molecule has 0 spiro atoms. The third kappa shape index (κ3) is 3.47. The van der Waals surface area contributed by atoms with Gasteiger partial charge >= 0.3 is 6.18 Å². The number of nitrogens with one attached hydrogen (secondary N) is 2. The minimum absolute atomic E-state index is 0.0534. The van der Waals surface area contributed by atoms with E-state index in [1.807, 2.05) is 0 Å². The van der Waals surface area contributed by atoms with E-state index in [2.05, 4.69) is 17.9 Å². The molecule has 82 valence electrons. The molecule has 6 heteroatoms. The van der Waals surface area contributed by atoms with E-state index in [4.69, 9.17) is 5.41 Å². The molecule has 2 nitrogen and oxygen atoms in total. The minimum Gasteiger partial charge on any atom is -0.344 e. The molecule has 1 aromatic rings. The molecule has 0 unspecified atom stereocenters. The number of benzene rings is 1. The van der Waals surface area contributed by atoms with Crippen molar-refractivity contribution in [2.24, 2.45) is 0 Å². The highest BCUT2D eigenvalue weighted by atomic mass is 32.1. The lowest BCUT2D eigenvalue weighted by molar-refractivity contribution is -0.137. The van der Waals surface area contributed by atoms with Crippen LogP contribution in [0.25, 0.3) is 0 Å². The number of hydrogen-bond acceptors (Lipinski definition) is 2. The Morgan fingerprint density at radius 3 is 2.60 bits per heavy atom. The predicted octanol–water partition coefficient (Wildman–Crippen LogP) is 3.02. The molecule has 0 aliphatic carbocycles. The molecule has 1 rings (SSSR count). The van der Waals surface area contributed by atoms with Crippen molar-refractivity contribution in [3.8, 4) is 0 Å². The highest BCUT2D eigenvalue weighted by molar-refractivity contribution is 7.81. The third-order valence-corrected chi connectivity index (χ3v) is 1.96. The molecule has 1 aromatic carbocycles. The number of halogens is 3. The molecule has 0 amide bonds. The van der Waals surface area contributed by atoms with E-state index < -0.39 is 11.7 Å². The molecule has 0 atom stereocenters. The average molecular weight is 234 g/mol. The Morgan fingerprint density at radius 1 is 1.40 bits per heavy atom. The lowest BCUT2D eigenvalue weighted by atomic mass is 10.2. The SMILES string of the molecule is N=C(CS)Nc1cccc(C(F)(F)F)c1. The molecular formula is C9H9F3N2S. The minimum atomic E-state index is -4.36. The van der Waals surface area contributed by atoms with Crippen LogP contribution in [-0.2, 0) is 6.18 Å². The van der Waals surface area contributed by atoms with Crippen molar-refractivity contribution in [3.63, 3.8) is 0 Å². The zero-order valence-electron chi connectivity index (χ0n) is 7.60. The molecule has 0 bridgehead atoms. The number of anilines is 1. The standard InChI is InChI=1S/C9H9F3N2S/c10-9(11,12)6-2-1-3-7(4-6)14-8(13)5-15/h1-4,15H,5H2,(H2,13,14). The normalized spacial score (nSPS) is 11.2. The van der Waals surface area contributed by atoms with E-state index in [0.29, 0.717) is 0 Å². The van der Waals surface area contributed by atoms with Crippen molar-refractivity contribution in [2.75, 3.05) is 11.1 Å². The maximum Gasteiger partial charge on any atom is 0.416 e. The van der Waals surface area contributed by atoms with Gasteiger partial charge in [0.2, 0.25) is 0 Å². The summed E-state index contributed by atoms with van der Waals surface area (Å²) in [5.41, 5.74) is -0.497. The van der Waals surface area contributed by atoms with E-state index >= 15 is 0 Å². The van der Waals surface area contributed by atoms with Gasteiger partial charge in [-0.05, 0) is 18.2 Å². The van der Waals surface area contributed by atoms with Gasteiger partial charge in [-0.25, -0.2) is 0 Å². The molecule has 0 saturated heterocycles. The molecule has 0 heterocycles. The second kappa shape index (κ2) is 4.57. The second-order valence-electron chi connectivity index (χ2n) is 2.84. The van der Waals surface area contributed by atoms with Crippen LogP contribution < -0.4 is 5.32 Å². The van der Waals surface area contributed by atoms with E-state index in [-0.39, 0.29) is 17.3 Å². The summed E-state index contributed by atoms with van der Waals surface area (Å²) in [6, 6.07) is 4.69. The van der Waals surface area contributed by atoms with Gasteiger partial charge in [0.1, 0.15) is 5.84 Å². The quantitative estimate of drug-likeness (QED) is 0.410. The molecule has 0 saturated carbocycles. The number of alkyl halides is 3. The fraction of sp³-hybridized carbons (Fsp3) is 0.222. The van der Waals surface area contributed by atoms with Gasteiger partial charge in [-0.15, -0.1) is 0 Å². The average Bonchev–Trinajstić information content (AvgIpc) is 2.17. The Morgan fingerprint density at radius 2 is 2.07 bits per heavy atom. The highest BCUT2D eigenvalue weighted by Gasteiger charge is 2.30. The van der Waals surface area contributed by atoms with Gasteiger partial charge in [-0.3, -0.25) is 5.41 Å². The van der Waals surface area contributed by atoms with Crippen molar-refractivity contribution in [1.29, 1.82) is 5.41 Å². The van der Waals surface area contributed by atoms with Crippen LogP contribution in [-0.4, -0.2) is 11.6 Å². The molecule has 2 N–H and O–H groups in total. The van der Waals surface area contributed by atoms with Gasteiger partial charge in [0.15, 0.2) is 0 Å². The maximum absolute atomic E-state index is 12.3. The first-order valence-corrected chi connectivity index (χ1v) is 4.69. The van der Waals surface area contributed by atoms with Crippen molar-refractivity contribution >= 4 is 24.2 Å². The zero-order chi connectivity index (χ0) is 11.5. The van der Waals surface area contributed by atoms with Gasteiger partial charge in [0.25, 0.3) is 0 Å². The molecule has 0 aliphatic rings. The first-order chi connectivity index (χ1) is 6.93. The van der Waals surface area contributed by atoms with Crippen molar-refractivity contribution in [2.45, 2.75) is 6.18 Å². The lowest BCUT2D eigenvalue weighted by Gasteiger charge is -2.10. The van der Waals surface area contributed by atoms with Crippen LogP contribution in [0.4, 0.5) is 18.9 Å². The molecular weight excluding hydrogens is 225 g/mol. The maximum atomic E-state index is 12.3. The van der Waals surface area contributed by atoms with E-state index in [1.165, 1.54) is 12.1 Å². The van der Waals surface area contributed by atoms with Gasteiger partial charge in [-0.2, -0.15) is 25.8 Å². The van der Waals surface area contributed by atoms with Crippen molar-refractivity contribution < 1.29 is 13.2 Å². The molecule has 15 heavy (non-hydrogen) atoms. The fourth-order valence-corrected chi connectivity index (χ4v) is 1.07. The first kappa shape index (κ1) is 11.9. The number of rotatable bonds is 2. The predicted molar refractivity (Wildman–Crippen MR) is 56.6 cm³/mol. The summed E-state index contributed by atoms with van der Waals surface area (Å²) in [7, 11) is 0. The second-order valence-corrected chi connectivity index (χ2v) is 3.16. The fourth-order valence-electron chi connectivity index (χ4n) is 0.987. The van der Waals surface area contributed by atoms with E-state index in [0.717, 1.165) is 12.1 Å². The summed E-state index contributed by atoms with van der Waals surface area (Å²) in [6.07, 6.45) is -4.36. The summed E-state index contributed by atoms with van der Waals surface area (Å²) in [5, 5.41) is 9.74. The summed E-state index contributed by atoms with van der Waals surface area (Å²) < 4.78 is 36.9. The summed E-state index contributed by atoms with van der Waals surface area (Å²) in [5.74, 6) is 0.202. The molecule has 0 aliphatic heterocycles. The highest BCUT2D eigenvalue weighted by Crippen LogP contribution is 2.30. The van der Waals surface area contributed by atoms with Crippen LogP contribution in [0.3, 0.4) is 0 Å². The van der Waals surface area contributed by atoms with Crippen LogP contribution >= 0.6 is 12.6 Å². The summed E-state index contributed by atoms with van der Waals surface area (Å²) in [6.45, 7) is 0. The Kier molecular flexibility index (Phi) is 3.62. The topological polar surface area (TPSA) is 35.9 Å². The van der Waals surface area contributed by atoms with E-state index in [9.17, 15) is 13.2 Å². The van der Waals surface area contributed by atoms with Gasteiger partial charge in [-0.1, -0.05) is 6.07 Å². The van der Waals surface area contributed by atoms with Crippen LogP contribution in [0.5, 0.6) is 0 Å². The van der Waals surface area contributed by atoms with Gasteiger partial charge in [0, 0.05) is 11.4 Å². The van der Waals surface area contributed by atoms with Crippen LogP contribution in [0.1, 0.15) is 5.56 Å². The number of amidine groups is 1. The molecule has 0 fully saturated rings. The lowest BCUT2D eigenvalue weighted by Crippen LogP contribution is -2.13. The van der Waals surface area contributed by atoms with E-state index in [1.54, 1.807) is 0 Å². The van der Waals surface area contributed by atoms with Gasteiger partial charge < -0.3 is 5.32 Å². The molecule has 0 aromatic heterocycles. The van der Waals surface area contributed by atoms with Crippen LogP contribution in [0, 0.1) is 5.41 Å².